The first-order valence-corrected chi connectivity index (χ1v) is 23.8. The van der Waals surface area contributed by atoms with Crippen LogP contribution in [0.2, 0.25) is 0 Å². The molecule has 18 heteroatoms. The van der Waals surface area contributed by atoms with Gasteiger partial charge in [0.15, 0.2) is 11.7 Å². The van der Waals surface area contributed by atoms with Crippen molar-refractivity contribution in [3.8, 4) is 39.8 Å². The third-order valence-corrected chi connectivity index (χ3v) is 13.5. The molecule has 2 aliphatic rings. The molecule has 1 aromatic heterocycles. The molecule has 2 aliphatic heterocycles. The maximum absolute atomic E-state index is 14.0. The van der Waals surface area contributed by atoms with Crippen molar-refractivity contribution in [2.24, 2.45) is 5.41 Å². The molecule has 3 N–H and O–H groups in total. The molecule has 368 valence electrons. The monoisotopic (exact) mass is 1000 g/mol. The van der Waals surface area contributed by atoms with Crippen molar-refractivity contribution >= 4 is 63.7 Å². The maximum atomic E-state index is 14.0. The molecule has 0 aliphatic carbocycles. The number of anilines is 2. The number of alkyl halides is 3. The van der Waals surface area contributed by atoms with Crippen LogP contribution in [0, 0.1) is 35.5 Å². The molecule has 0 unspecified atom stereocenters. The van der Waals surface area contributed by atoms with Crippen molar-refractivity contribution < 1.29 is 46.9 Å². The summed E-state index contributed by atoms with van der Waals surface area (Å²) in [7, 11) is 0. The Kier molecular flexibility index (Phi) is 15.3. The van der Waals surface area contributed by atoms with Gasteiger partial charge in [0.25, 0.3) is 11.8 Å². The van der Waals surface area contributed by atoms with Crippen LogP contribution in [-0.4, -0.2) is 82.2 Å². The summed E-state index contributed by atoms with van der Waals surface area (Å²) in [5.74, 6) is 4.78. The number of hydrogen-bond acceptors (Lipinski definition) is 10. The lowest BCUT2D eigenvalue weighted by Gasteiger charge is -2.35. The second-order valence-corrected chi connectivity index (χ2v) is 19.9. The molecule has 2 saturated heterocycles. The Labute approximate surface area is 419 Å². The van der Waals surface area contributed by atoms with E-state index in [1.807, 2.05) is 29.6 Å². The Morgan fingerprint density at radius 3 is 2.20 bits per heavy atom. The highest BCUT2D eigenvalue weighted by molar-refractivity contribution is 7.81. The van der Waals surface area contributed by atoms with Gasteiger partial charge in [-0.05, 0) is 133 Å². The lowest BCUT2D eigenvalue weighted by molar-refractivity contribution is -0.144. The van der Waals surface area contributed by atoms with E-state index >= 15 is 0 Å². The Bertz CT molecular complexity index is 2930. The van der Waals surface area contributed by atoms with Gasteiger partial charge in [-0.2, -0.15) is 18.4 Å². The van der Waals surface area contributed by atoms with E-state index in [0.717, 1.165) is 28.2 Å². The molecule has 2 fully saturated rings. The van der Waals surface area contributed by atoms with Crippen LogP contribution < -0.4 is 29.9 Å². The van der Waals surface area contributed by atoms with Crippen LogP contribution in [0.5, 0.6) is 11.5 Å². The number of likely N-dealkylation sites (tertiary alicyclic amines) is 1. The normalized spacial score (nSPS) is 17.0. The van der Waals surface area contributed by atoms with Gasteiger partial charge < -0.3 is 35.0 Å². The van der Waals surface area contributed by atoms with Gasteiger partial charge in [-0.3, -0.25) is 24.1 Å². The van der Waals surface area contributed by atoms with Crippen molar-refractivity contribution in [3.63, 3.8) is 0 Å². The fourth-order valence-corrected chi connectivity index (χ4v) is 9.72. The first kappa shape index (κ1) is 51.6. The number of aliphatic hydroxyl groups is 1. The second-order valence-electron chi connectivity index (χ2n) is 18.7. The van der Waals surface area contributed by atoms with Gasteiger partial charge in [0.05, 0.1) is 29.0 Å². The SMILES string of the molecule is Cc1ccsc1-c1ccc(CNC(=O)[C@@H]2C[C@@H](O)CN2C(=O)[C@@H](NC(=O)COc2ccc(OCC#Cc3ccc(N4C(=S)N(c5ccc(C#N)c(C(F)(F)F)c5)C(=O)C4(C)C)cc3)cc2)C(C)(C)C)cc1. The van der Waals surface area contributed by atoms with E-state index in [1.54, 1.807) is 99.4 Å². The standard InChI is InChI=1S/C53H51F3N6O7S2/c1-32-23-25-71-45(32)35-13-9-34(10-14-35)29-58-47(65)43-27-39(63)30-60(43)48(66)46(51(2,3)4)59-44(64)31-69-41-21-19-40(20-22-41)68-24-7-8-33-11-16-37(17-12-33)62-50(70)61(49(67)52(62,5)6)38-18-15-36(28-57)42(26-38)53(54,55)56/h9-23,25-26,39,43,46,63H,24,27,29-31H2,1-6H3,(H,58,65)(H,59,64)/t39-,43+,46-/m1/s1. The predicted molar refractivity (Wildman–Crippen MR) is 267 cm³/mol. The second kappa shape index (κ2) is 21.0. The number of carbonyl (C=O) groups excluding carboxylic acids is 4. The van der Waals surface area contributed by atoms with E-state index in [2.05, 4.69) is 35.5 Å². The van der Waals surface area contributed by atoms with Crippen LogP contribution in [0.3, 0.4) is 0 Å². The molecule has 0 saturated carbocycles. The van der Waals surface area contributed by atoms with Gasteiger partial charge in [0, 0.05) is 35.6 Å². The average Bonchev–Trinajstić information content (AvgIpc) is 4.00. The zero-order valence-electron chi connectivity index (χ0n) is 39.7. The van der Waals surface area contributed by atoms with Crippen LogP contribution >= 0.6 is 23.6 Å². The highest BCUT2D eigenvalue weighted by Crippen LogP contribution is 2.40. The third-order valence-electron chi connectivity index (χ3n) is 12.0. The Morgan fingerprint density at radius 1 is 0.944 bits per heavy atom. The van der Waals surface area contributed by atoms with Crippen molar-refractivity contribution in [2.75, 3.05) is 29.6 Å². The van der Waals surface area contributed by atoms with Gasteiger partial charge in [-0.25, -0.2) is 0 Å². The van der Waals surface area contributed by atoms with Crippen LogP contribution in [0.1, 0.15) is 68.9 Å². The number of rotatable bonds is 13. The largest absolute Gasteiger partial charge is 0.484 e. The Balaban J connectivity index is 0.887. The fraction of sp³-hybridized carbons (Fsp3) is 0.321. The maximum Gasteiger partial charge on any atom is 0.417 e. The topological polar surface area (TPSA) is 165 Å². The number of hydrogen-bond donors (Lipinski definition) is 3. The molecule has 0 radical (unpaired) electrons. The summed E-state index contributed by atoms with van der Waals surface area (Å²) < 4.78 is 52.7. The highest BCUT2D eigenvalue weighted by atomic mass is 32.1. The molecule has 5 aromatic rings. The lowest BCUT2D eigenvalue weighted by atomic mass is 9.85. The lowest BCUT2D eigenvalue weighted by Crippen LogP contribution is -2.58. The molecule has 7 rings (SSSR count). The highest BCUT2D eigenvalue weighted by Gasteiger charge is 2.51. The number of nitrogens with one attached hydrogen (secondary N) is 2. The summed E-state index contributed by atoms with van der Waals surface area (Å²) in [6.07, 6.45) is -5.66. The molecular formula is C53H51F3N6O7S2. The van der Waals surface area contributed by atoms with Gasteiger partial charge in [-0.1, -0.05) is 56.9 Å². The minimum atomic E-state index is -4.82. The number of nitrogens with zero attached hydrogens (tertiary/aromatic N) is 4. The van der Waals surface area contributed by atoms with Crippen molar-refractivity contribution in [3.05, 3.63) is 130 Å². The molecule has 0 bridgehead atoms. The molecule has 4 amide bonds. The smallest absolute Gasteiger partial charge is 0.417 e. The molecule has 13 nitrogen and oxygen atoms in total. The number of nitriles is 1. The van der Waals surface area contributed by atoms with Gasteiger partial charge in [0.1, 0.15) is 35.7 Å². The molecule has 71 heavy (non-hydrogen) atoms. The van der Waals surface area contributed by atoms with Gasteiger partial charge in [-0.15, -0.1) is 11.3 Å². The minimum absolute atomic E-state index is 0.0181. The minimum Gasteiger partial charge on any atom is -0.484 e. The molecule has 0 spiro atoms. The van der Waals surface area contributed by atoms with E-state index in [0.29, 0.717) is 22.7 Å². The number of thiocarbonyl (C=S) groups is 1. The summed E-state index contributed by atoms with van der Waals surface area (Å²) in [6, 6.07) is 25.9. The van der Waals surface area contributed by atoms with Gasteiger partial charge in [0.2, 0.25) is 11.8 Å². The van der Waals surface area contributed by atoms with Crippen LogP contribution in [0.15, 0.2) is 102 Å². The number of amides is 4. The Hall–Kier alpha value is -7.25. The first-order valence-electron chi connectivity index (χ1n) is 22.5. The number of benzene rings is 4. The number of carbonyl (C=O) groups is 4. The number of β-amino-alcohol motifs (C(OH)–C–C–N with tert-alkyl or cyclic N) is 1. The van der Waals surface area contributed by atoms with E-state index in [4.69, 9.17) is 21.7 Å². The van der Waals surface area contributed by atoms with Crippen molar-refractivity contribution in [2.45, 2.75) is 84.4 Å². The molecular weight excluding hydrogens is 954 g/mol. The number of halogens is 3. The van der Waals surface area contributed by atoms with Crippen LogP contribution in [0.4, 0.5) is 24.5 Å². The number of aryl methyl sites for hydroxylation is 1. The van der Waals surface area contributed by atoms with E-state index in [-0.39, 0.29) is 36.9 Å². The van der Waals surface area contributed by atoms with Crippen molar-refractivity contribution in [1.82, 2.24) is 15.5 Å². The Morgan fingerprint density at radius 2 is 1.59 bits per heavy atom. The summed E-state index contributed by atoms with van der Waals surface area (Å²) in [5.41, 5.74) is 0.448. The quantitative estimate of drug-likeness (QED) is 0.0775. The zero-order valence-corrected chi connectivity index (χ0v) is 41.4. The molecule has 3 heterocycles. The van der Waals surface area contributed by atoms with E-state index in [1.165, 1.54) is 27.5 Å². The summed E-state index contributed by atoms with van der Waals surface area (Å²) >= 11 is 7.29. The molecule has 3 atom stereocenters. The number of aliphatic hydroxyl groups excluding tert-OH is 1. The molecule has 4 aromatic carbocycles. The zero-order chi connectivity index (χ0) is 51.4. The predicted octanol–water partition coefficient (Wildman–Crippen LogP) is 8.15. The summed E-state index contributed by atoms with van der Waals surface area (Å²) in [4.78, 5) is 59.4. The number of thiophene rings is 1. The summed E-state index contributed by atoms with van der Waals surface area (Å²) in [5, 5.41) is 27.5. The average molecular weight is 1010 g/mol. The van der Waals surface area contributed by atoms with Crippen LogP contribution in [0.25, 0.3) is 10.4 Å². The van der Waals surface area contributed by atoms with Gasteiger partial charge >= 0.3 is 6.18 Å². The summed E-state index contributed by atoms with van der Waals surface area (Å²) in [6.45, 7) is 10.5. The van der Waals surface area contributed by atoms with Crippen molar-refractivity contribution in [1.29, 1.82) is 5.26 Å². The number of ether oxygens (including phenoxy) is 2. The van der Waals surface area contributed by atoms with Crippen LogP contribution in [-0.2, 0) is 31.9 Å². The van der Waals surface area contributed by atoms with E-state index < -0.39 is 76.7 Å². The van der Waals surface area contributed by atoms with E-state index in [9.17, 15) is 42.7 Å². The first-order chi connectivity index (χ1) is 33.6. The third kappa shape index (κ3) is 11.7. The fourth-order valence-electron chi connectivity index (χ4n) is 8.26.